The third-order valence-electron chi connectivity index (χ3n) is 5.11. The number of hydrogen-bond donors (Lipinski definition) is 3. The summed E-state index contributed by atoms with van der Waals surface area (Å²) in [6.45, 7) is 1.70. The Balaban J connectivity index is 1.59. The van der Waals surface area contributed by atoms with E-state index in [1.54, 1.807) is 48.0 Å². The Bertz CT molecular complexity index is 1230. The smallest absolute Gasteiger partial charge is 0.254 e. The van der Waals surface area contributed by atoms with Crippen molar-refractivity contribution in [1.29, 1.82) is 0 Å². The Kier molecular flexibility index (Phi) is 4.23. The van der Waals surface area contributed by atoms with E-state index in [1.807, 2.05) is 0 Å². The van der Waals surface area contributed by atoms with E-state index in [9.17, 15) is 14.0 Å². The van der Waals surface area contributed by atoms with Crippen LogP contribution in [-0.2, 0) is 9.59 Å². The van der Waals surface area contributed by atoms with Gasteiger partial charge >= 0.3 is 0 Å². The van der Waals surface area contributed by atoms with E-state index in [0.717, 1.165) is 18.7 Å². The van der Waals surface area contributed by atoms with E-state index in [4.69, 9.17) is 0 Å². The summed E-state index contributed by atoms with van der Waals surface area (Å²) in [5.41, 5.74) is 2.31. The molecule has 3 heterocycles. The number of aryl methyl sites for hydroxylation is 1. The Morgan fingerprint density at radius 3 is 2.87 bits per heavy atom. The zero-order valence-corrected chi connectivity index (χ0v) is 16.2. The van der Waals surface area contributed by atoms with Crippen LogP contribution < -0.4 is 16.0 Å². The van der Waals surface area contributed by atoms with Crippen molar-refractivity contribution in [2.45, 2.75) is 32.2 Å². The van der Waals surface area contributed by atoms with Gasteiger partial charge < -0.3 is 10.6 Å². The monoisotopic (exact) mass is 406 g/mol. The van der Waals surface area contributed by atoms with Gasteiger partial charge in [0, 0.05) is 23.2 Å². The number of rotatable bonds is 5. The van der Waals surface area contributed by atoms with Gasteiger partial charge in [0.25, 0.3) is 5.91 Å². The molecule has 0 unspecified atom stereocenters. The summed E-state index contributed by atoms with van der Waals surface area (Å²) < 4.78 is 16.1. The molecule has 0 atom stereocenters. The molecule has 1 aliphatic carbocycles. The van der Waals surface area contributed by atoms with Crippen LogP contribution in [0.15, 0.2) is 36.0 Å². The van der Waals surface area contributed by atoms with Crippen molar-refractivity contribution in [2.24, 2.45) is 0 Å². The van der Waals surface area contributed by atoms with Crippen molar-refractivity contribution >= 4 is 40.9 Å². The number of halogens is 1. The van der Waals surface area contributed by atoms with Gasteiger partial charge in [0.1, 0.15) is 17.5 Å². The number of anilines is 3. The van der Waals surface area contributed by atoms with Crippen LogP contribution in [0.5, 0.6) is 0 Å². The van der Waals surface area contributed by atoms with Crippen LogP contribution >= 0.6 is 0 Å². The van der Waals surface area contributed by atoms with Crippen molar-refractivity contribution in [3.8, 4) is 0 Å². The number of carbonyl (C=O) groups excluding carboxylic acids is 2. The minimum Gasteiger partial charge on any atom is -0.367 e. The van der Waals surface area contributed by atoms with Gasteiger partial charge in [-0.05, 0) is 37.5 Å². The molecule has 9 heteroatoms. The summed E-state index contributed by atoms with van der Waals surface area (Å²) in [5.74, 6) is 0.0839. The topological polar surface area (TPSA) is 100 Å². The lowest BCUT2D eigenvalue weighted by Gasteiger charge is -2.12. The van der Waals surface area contributed by atoms with E-state index in [0.29, 0.717) is 39.9 Å². The summed E-state index contributed by atoms with van der Waals surface area (Å²) in [7, 11) is 0. The molecule has 0 bridgehead atoms. The number of nitrogens with zero attached hydrogens (tertiary/aromatic N) is 3. The summed E-state index contributed by atoms with van der Waals surface area (Å²) in [5, 5.41) is 13.1. The third kappa shape index (κ3) is 3.38. The molecule has 1 aromatic carbocycles. The normalized spacial score (nSPS) is 17.6. The van der Waals surface area contributed by atoms with E-state index in [1.165, 1.54) is 0 Å². The average molecular weight is 406 g/mol. The number of aromatic nitrogens is 3. The van der Waals surface area contributed by atoms with Crippen molar-refractivity contribution in [3.05, 3.63) is 53.0 Å². The number of imide groups is 1. The molecule has 2 amide bonds. The average Bonchev–Trinajstić information content (AvgIpc) is 3.34. The number of fused-ring (bicyclic) bond motifs is 1. The lowest BCUT2D eigenvalue weighted by molar-refractivity contribution is -0.124. The summed E-state index contributed by atoms with van der Waals surface area (Å²) in [6, 6.07) is 7.27. The molecule has 2 fully saturated rings. The second-order valence-corrected chi connectivity index (χ2v) is 7.57. The molecule has 8 nitrogen and oxygen atoms in total. The second kappa shape index (κ2) is 6.94. The van der Waals surface area contributed by atoms with Gasteiger partial charge in [-0.25, -0.2) is 9.37 Å². The van der Waals surface area contributed by atoms with Crippen molar-refractivity contribution in [1.82, 2.24) is 19.9 Å². The Labute approximate surface area is 171 Å². The Morgan fingerprint density at radius 1 is 1.30 bits per heavy atom. The number of nitrogens with one attached hydrogen (secondary N) is 3. The zero-order chi connectivity index (χ0) is 20.8. The van der Waals surface area contributed by atoms with Gasteiger partial charge in [-0.1, -0.05) is 12.1 Å². The van der Waals surface area contributed by atoms with Gasteiger partial charge in [0.15, 0.2) is 5.65 Å². The highest BCUT2D eigenvalue weighted by molar-refractivity contribution is 6.15. The predicted molar refractivity (Wildman–Crippen MR) is 110 cm³/mol. The number of carbonyl (C=O) groups is 2. The Hall–Kier alpha value is -3.75. The first kappa shape index (κ1) is 18.3. The molecule has 3 aromatic rings. The highest BCUT2D eigenvalue weighted by Crippen LogP contribution is 2.29. The number of hydrogen-bond acceptors (Lipinski definition) is 6. The molecule has 30 heavy (non-hydrogen) atoms. The summed E-state index contributed by atoms with van der Waals surface area (Å²) >= 11 is 0. The van der Waals surface area contributed by atoms with Gasteiger partial charge in [-0.2, -0.15) is 9.61 Å². The first-order chi connectivity index (χ1) is 14.5. The molecule has 2 aliphatic rings. The van der Waals surface area contributed by atoms with Gasteiger partial charge in [0.05, 0.1) is 18.3 Å². The molecular formula is C21H19FN6O2. The van der Waals surface area contributed by atoms with Crippen molar-refractivity contribution in [2.75, 3.05) is 10.6 Å². The molecule has 0 spiro atoms. The fourth-order valence-corrected chi connectivity index (χ4v) is 3.38. The van der Waals surface area contributed by atoms with E-state index in [-0.39, 0.29) is 18.1 Å². The minimum atomic E-state index is -0.410. The lowest BCUT2D eigenvalue weighted by Crippen LogP contribution is -2.19. The summed E-state index contributed by atoms with van der Waals surface area (Å²) in [6.07, 6.45) is 5.38. The number of amides is 2. The van der Waals surface area contributed by atoms with Crippen LogP contribution in [0.3, 0.4) is 0 Å². The zero-order valence-electron chi connectivity index (χ0n) is 16.2. The summed E-state index contributed by atoms with van der Waals surface area (Å²) in [4.78, 5) is 28.0. The van der Waals surface area contributed by atoms with Crippen LogP contribution in [-0.4, -0.2) is 32.5 Å². The van der Waals surface area contributed by atoms with E-state index < -0.39 is 5.91 Å². The quantitative estimate of drug-likeness (QED) is 0.445. The maximum Gasteiger partial charge on any atom is 0.254 e. The van der Waals surface area contributed by atoms with Crippen LogP contribution in [0.25, 0.3) is 11.7 Å². The van der Waals surface area contributed by atoms with Crippen LogP contribution in [0, 0.1) is 12.7 Å². The Morgan fingerprint density at radius 2 is 2.13 bits per heavy atom. The maximum absolute atomic E-state index is 14.5. The lowest BCUT2D eigenvalue weighted by atomic mass is 10.1. The molecule has 3 N–H and O–H groups in total. The van der Waals surface area contributed by atoms with Gasteiger partial charge in [-0.3, -0.25) is 14.9 Å². The first-order valence-electron chi connectivity index (χ1n) is 9.70. The van der Waals surface area contributed by atoms with Crippen molar-refractivity contribution < 1.29 is 14.0 Å². The SMILES string of the molecule is Cc1cccc(Nc2cc(NC3CC3)n3ncc(C=C4CC(=O)NC4=O)c3n2)c1F. The highest BCUT2D eigenvalue weighted by Gasteiger charge is 2.26. The van der Waals surface area contributed by atoms with Crippen LogP contribution in [0.4, 0.5) is 21.7 Å². The van der Waals surface area contributed by atoms with Gasteiger partial charge in [0.2, 0.25) is 5.91 Å². The molecule has 152 valence electrons. The van der Waals surface area contributed by atoms with Crippen molar-refractivity contribution in [3.63, 3.8) is 0 Å². The standard InChI is InChI=1S/C21H19FN6O2/c1-11-3-2-4-15(19(11)22)25-16-9-17(24-14-5-6-14)28-20(26-16)13(10-23-28)7-12-8-18(29)27-21(12)30/h2-4,7,9-10,14,24H,5-6,8H2,1H3,(H,25,26)(H,27,29,30). The molecule has 1 saturated heterocycles. The molecule has 5 rings (SSSR count). The molecular weight excluding hydrogens is 387 g/mol. The van der Waals surface area contributed by atoms with E-state index >= 15 is 0 Å². The first-order valence-corrected chi connectivity index (χ1v) is 9.70. The third-order valence-corrected chi connectivity index (χ3v) is 5.11. The molecule has 1 saturated carbocycles. The van der Waals surface area contributed by atoms with Crippen LogP contribution in [0.1, 0.15) is 30.4 Å². The fraction of sp³-hybridized carbons (Fsp3) is 0.238. The fourth-order valence-electron chi connectivity index (χ4n) is 3.38. The molecule has 0 radical (unpaired) electrons. The molecule has 1 aliphatic heterocycles. The second-order valence-electron chi connectivity index (χ2n) is 7.57. The minimum absolute atomic E-state index is 0.0236. The van der Waals surface area contributed by atoms with E-state index in [2.05, 4.69) is 26.0 Å². The number of benzene rings is 1. The molecule has 2 aromatic heterocycles. The highest BCUT2D eigenvalue weighted by atomic mass is 19.1. The predicted octanol–water partition coefficient (Wildman–Crippen LogP) is 2.92. The maximum atomic E-state index is 14.5. The van der Waals surface area contributed by atoms with Gasteiger partial charge in [-0.15, -0.1) is 0 Å². The largest absolute Gasteiger partial charge is 0.367 e. The van der Waals surface area contributed by atoms with Crippen LogP contribution in [0.2, 0.25) is 0 Å².